The minimum absolute atomic E-state index is 0.0786. The molecule has 0 spiro atoms. The summed E-state index contributed by atoms with van der Waals surface area (Å²) in [6, 6.07) is 12.2. The number of hydrogen-bond donors (Lipinski definition) is 2. The molecular formula is C19H14F2N2O4S2. The number of para-hydroxylation sites is 3. The van der Waals surface area contributed by atoms with Crippen molar-refractivity contribution in [1.82, 2.24) is 4.90 Å². The monoisotopic (exact) mass is 436 g/mol. The minimum Gasteiger partial charge on any atom is -0.506 e. The van der Waals surface area contributed by atoms with E-state index in [-0.39, 0.29) is 38.5 Å². The highest BCUT2D eigenvalue weighted by Gasteiger charge is 2.33. The minimum atomic E-state index is -3.00. The Bertz CT molecular complexity index is 998. The van der Waals surface area contributed by atoms with Gasteiger partial charge in [0.2, 0.25) is 5.91 Å². The van der Waals surface area contributed by atoms with Gasteiger partial charge in [0.25, 0.3) is 5.91 Å². The highest BCUT2D eigenvalue weighted by molar-refractivity contribution is 8.26. The first-order valence-corrected chi connectivity index (χ1v) is 9.44. The van der Waals surface area contributed by atoms with Crippen LogP contribution in [0.4, 0.5) is 14.5 Å². The first kappa shape index (κ1) is 20.7. The van der Waals surface area contributed by atoms with Gasteiger partial charge in [0, 0.05) is 5.56 Å². The number of alkyl halides is 2. The lowest BCUT2D eigenvalue weighted by Crippen LogP contribution is -2.36. The van der Waals surface area contributed by atoms with E-state index in [0.29, 0.717) is 0 Å². The zero-order valence-electron chi connectivity index (χ0n) is 14.7. The van der Waals surface area contributed by atoms with Gasteiger partial charge in [-0.2, -0.15) is 8.78 Å². The van der Waals surface area contributed by atoms with E-state index in [1.807, 2.05) is 0 Å². The number of thiocarbonyl (C=S) groups is 1. The molecule has 3 rings (SSSR count). The van der Waals surface area contributed by atoms with Gasteiger partial charge < -0.3 is 15.2 Å². The fourth-order valence-electron chi connectivity index (χ4n) is 2.49. The van der Waals surface area contributed by atoms with Crippen molar-refractivity contribution in [1.29, 1.82) is 0 Å². The summed E-state index contributed by atoms with van der Waals surface area (Å²) in [5, 5.41) is 12.2. The summed E-state index contributed by atoms with van der Waals surface area (Å²) in [4.78, 5) is 26.2. The number of aromatic hydroxyl groups is 1. The molecule has 1 heterocycles. The molecule has 2 aromatic carbocycles. The SMILES string of the molecule is O=C(CN1C(=O)/C(=C/c2ccccc2OC(F)F)SC1=S)Nc1ccccc1O. The van der Waals surface area contributed by atoms with Gasteiger partial charge >= 0.3 is 6.61 Å². The third-order valence-electron chi connectivity index (χ3n) is 3.78. The van der Waals surface area contributed by atoms with Gasteiger partial charge in [-0.3, -0.25) is 14.5 Å². The molecule has 0 saturated carbocycles. The largest absolute Gasteiger partial charge is 0.506 e. The normalized spacial score (nSPS) is 15.3. The van der Waals surface area contributed by atoms with Crippen LogP contribution >= 0.6 is 24.0 Å². The average molecular weight is 436 g/mol. The number of halogens is 2. The van der Waals surface area contributed by atoms with E-state index in [9.17, 15) is 23.5 Å². The van der Waals surface area contributed by atoms with Crippen LogP contribution in [0.2, 0.25) is 0 Å². The molecule has 10 heteroatoms. The number of amides is 2. The first-order chi connectivity index (χ1) is 13.8. The van der Waals surface area contributed by atoms with Crippen molar-refractivity contribution in [2.75, 3.05) is 11.9 Å². The number of hydrogen-bond acceptors (Lipinski definition) is 6. The number of carbonyl (C=O) groups excluding carboxylic acids is 2. The van der Waals surface area contributed by atoms with Crippen molar-refractivity contribution < 1.29 is 28.2 Å². The summed E-state index contributed by atoms with van der Waals surface area (Å²) < 4.78 is 29.7. The zero-order valence-corrected chi connectivity index (χ0v) is 16.3. The van der Waals surface area contributed by atoms with Gasteiger partial charge in [-0.25, -0.2) is 0 Å². The zero-order chi connectivity index (χ0) is 21.0. The van der Waals surface area contributed by atoms with Crippen molar-refractivity contribution in [2.24, 2.45) is 0 Å². The van der Waals surface area contributed by atoms with Crippen LogP contribution in [-0.4, -0.2) is 39.3 Å². The summed E-state index contributed by atoms with van der Waals surface area (Å²) >= 11 is 6.12. The molecular weight excluding hydrogens is 422 g/mol. The van der Waals surface area contributed by atoms with Crippen LogP contribution in [0.15, 0.2) is 53.4 Å². The highest BCUT2D eigenvalue weighted by Crippen LogP contribution is 2.34. The Morgan fingerprint density at radius 1 is 1.24 bits per heavy atom. The molecule has 2 N–H and O–H groups in total. The number of nitrogens with zero attached hydrogens (tertiary/aromatic N) is 1. The number of anilines is 1. The Labute approximate surface area is 174 Å². The lowest BCUT2D eigenvalue weighted by molar-refractivity contribution is -0.126. The number of ether oxygens (including phenoxy) is 1. The average Bonchev–Trinajstić information content (AvgIpc) is 2.92. The molecule has 1 aliphatic heterocycles. The summed E-state index contributed by atoms with van der Waals surface area (Å²) in [6.07, 6.45) is 1.39. The molecule has 29 heavy (non-hydrogen) atoms. The van der Waals surface area contributed by atoms with Crippen LogP contribution in [-0.2, 0) is 9.59 Å². The maximum Gasteiger partial charge on any atom is 0.387 e. The molecule has 0 aromatic heterocycles. The number of phenols is 1. The van der Waals surface area contributed by atoms with Gasteiger partial charge in [-0.1, -0.05) is 54.3 Å². The summed E-state index contributed by atoms with van der Waals surface area (Å²) in [5.74, 6) is -1.27. The van der Waals surface area contributed by atoms with E-state index in [2.05, 4.69) is 10.1 Å². The van der Waals surface area contributed by atoms with Crippen molar-refractivity contribution >= 4 is 51.9 Å². The van der Waals surface area contributed by atoms with Crippen molar-refractivity contribution in [2.45, 2.75) is 6.61 Å². The molecule has 0 bridgehead atoms. The van der Waals surface area contributed by atoms with E-state index < -0.39 is 18.4 Å². The van der Waals surface area contributed by atoms with Gasteiger partial charge in [-0.15, -0.1) is 0 Å². The van der Waals surface area contributed by atoms with Gasteiger partial charge in [0.15, 0.2) is 0 Å². The molecule has 0 unspecified atom stereocenters. The predicted molar refractivity (Wildman–Crippen MR) is 110 cm³/mol. The predicted octanol–water partition coefficient (Wildman–Crippen LogP) is 3.83. The molecule has 0 atom stereocenters. The summed E-state index contributed by atoms with van der Waals surface area (Å²) in [5.41, 5.74) is 0.489. The molecule has 150 valence electrons. The van der Waals surface area contributed by atoms with E-state index >= 15 is 0 Å². The second-order valence-electron chi connectivity index (χ2n) is 5.75. The number of carbonyl (C=O) groups is 2. The van der Waals surface area contributed by atoms with Crippen LogP contribution in [0.25, 0.3) is 6.08 Å². The van der Waals surface area contributed by atoms with Crippen LogP contribution in [0.1, 0.15) is 5.56 Å². The smallest absolute Gasteiger partial charge is 0.387 e. The number of thioether (sulfide) groups is 1. The Morgan fingerprint density at radius 2 is 1.93 bits per heavy atom. The molecule has 1 fully saturated rings. The molecule has 1 aliphatic rings. The Morgan fingerprint density at radius 3 is 2.66 bits per heavy atom. The van der Waals surface area contributed by atoms with E-state index in [4.69, 9.17) is 12.2 Å². The summed E-state index contributed by atoms with van der Waals surface area (Å²) in [7, 11) is 0. The molecule has 0 radical (unpaired) electrons. The standard InChI is InChI=1S/C19H14F2N2O4S2/c20-18(21)27-14-8-4-1-5-11(14)9-15-17(26)23(19(28)29-15)10-16(25)22-12-6-2-3-7-13(12)24/h1-9,18,24H,10H2,(H,22,25)/b15-9-. The van der Waals surface area contributed by atoms with E-state index in [1.54, 1.807) is 18.2 Å². The second kappa shape index (κ2) is 9.01. The Kier molecular flexibility index (Phi) is 6.45. The van der Waals surface area contributed by atoms with E-state index in [0.717, 1.165) is 16.7 Å². The van der Waals surface area contributed by atoms with Gasteiger partial charge in [0.1, 0.15) is 22.4 Å². The maximum absolute atomic E-state index is 12.6. The first-order valence-electron chi connectivity index (χ1n) is 8.22. The van der Waals surface area contributed by atoms with Crippen LogP contribution in [0.3, 0.4) is 0 Å². The number of phenolic OH excluding ortho intramolecular Hbond substituents is 1. The van der Waals surface area contributed by atoms with Crippen LogP contribution < -0.4 is 10.1 Å². The lowest BCUT2D eigenvalue weighted by Gasteiger charge is -2.14. The van der Waals surface area contributed by atoms with E-state index in [1.165, 1.54) is 36.4 Å². The van der Waals surface area contributed by atoms with Crippen molar-refractivity contribution in [3.05, 3.63) is 59.0 Å². The third-order valence-corrected chi connectivity index (χ3v) is 5.15. The highest BCUT2D eigenvalue weighted by atomic mass is 32.2. The number of rotatable bonds is 6. The Balaban J connectivity index is 1.74. The quantitative estimate of drug-likeness (QED) is 0.407. The van der Waals surface area contributed by atoms with Gasteiger partial charge in [0.05, 0.1) is 10.6 Å². The van der Waals surface area contributed by atoms with Crippen molar-refractivity contribution in [3.8, 4) is 11.5 Å². The Hall–Kier alpha value is -2.98. The van der Waals surface area contributed by atoms with Crippen LogP contribution in [0, 0.1) is 0 Å². The number of benzene rings is 2. The second-order valence-corrected chi connectivity index (χ2v) is 7.43. The molecule has 0 aliphatic carbocycles. The third kappa shape index (κ3) is 5.09. The molecule has 6 nitrogen and oxygen atoms in total. The fourth-order valence-corrected chi connectivity index (χ4v) is 3.74. The van der Waals surface area contributed by atoms with Crippen LogP contribution in [0.5, 0.6) is 11.5 Å². The number of nitrogens with one attached hydrogen (secondary N) is 1. The summed E-state index contributed by atoms with van der Waals surface area (Å²) in [6.45, 7) is -3.36. The maximum atomic E-state index is 12.6. The van der Waals surface area contributed by atoms with Gasteiger partial charge in [-0.05, 0) is 24.3 Å². The van der Waals surface area contributed by atoms with Crippen molar-refractivity contribution in [3.63, 3.8) is 0 Å². The molecule has 1 saturated heterocycles. The molecule has 2 amide bonds. The topological polar surface area (TPSA) is 78.9 Å². The molecule has 2 aromatic rings. The fraction of sp³-hybridized carbons (Fsp3) is 0.105. The lowest BCUT2D eigenvalue weighted by atomic mass is 10.2.